The molecule has 1 atom stereocenters. The number of rotatable bonds is 4. The molecule has 0 spiro atoms. The van der Waals surface area contributed by atoms with Crippen LogP contribution in [0.25, 0.3) is 5.76 Å². The molecular formula is C23H17BrFNO3S. The normalized spacial score (nSPS) is 18.2. The van der Waals surface area contributed by atoms with Gasteiger partial charge >= 0.3 is 0 Å². The van der Waals surface area contributed by atoms with E-state index in [-0.39, 0.29) is 23.4 Å². The molecule has 1 saturated heterocycles. The number of aliphatic hydroxyl groups is 1. The van der Waals surface area contributed by atoms with E-state index in [9.17, 15) is 19.1 Å². The number of hydrogen-bond acceptors (Lipinski definition) is 4. The van der Waals surface area contributed by atoms with Crippen LogP contribution < -0.4 is 0 Å². The van der Waals surface area contributed by atoms with Crippen molar-refractivity contribution >= 4 is 44.7 Å². The number of likely N-dealkylation sites (tertiary alicyclic amines) is 1. The zero-order valence-corrected chi connectivity index (χ0v) is 18.3. The minimum absolute atomic E-state index is 0.114. The van der Waals surface area contributed by atoms with Gasteiger partial charge in [-0.25, -0.2) is 4.39 Å². The zero-order valence-electron chi connectivity index (χ0n) is 15.9. The van der Waals surface area contributed by atoms with E-state index in [1.54, 1.807) is 30.3 Å². The zero-order chi connectivity index (χ0) is 21.4. The third-order valence-electron chi connectivity index (χ3n) is 5.02. The summed E-state index contributed by atoms with van der Waals surface area (Å²) in [5.74, 6) is -2.46. The maximum Gasteiger partial charge on any atom is 0.295 e. The average molecular weight is 486 g/mol. The molecule has 0 saturated carbocycles. The molecule has 0 bridgehead atoms. The number of amides is 1. The number of halogens is 2. The molecule has 3 aromatic rings. The monoisotopic (exact) mass is 485 g/mol. The Balaban J connectivity index is 1.91. The average Bonchev–Trinajstić information content (AvgIpc) is 3.32. The predicted molar refractivity (Wildman–Crippen MR) is 117 cm³/mol. The van der Waals surface area contributed by atoms with E-state index in [4.69, 9.17) is 0 Å². The summed E-state index contributed by atoms with van der Waals surface area (Å²) in [6.45, 7) is 2.05. The Labute approximate surface area is 185 Å². The molecule has 1 aliphatic rings. The molecule has 1 aromatic heterocycles. The Morgan fingerprint density at radius 2 is 1.90 bits per heavy atom. The van der Waals surface area contributed by atoms with Crippen LogP contribution in [0.3, 0.4) is 0 Å². The van der Waals surface area contributed by atoms with Crippen LogP contribution in [0, 0.1) is 12.7 Å². The fraction of sp³-hybridized carbons (Fsp3) is 0.130. The summed E-state index contributed by atoms with van der Waals surface area (Å²) in [6.07, 6.45) is 0. The largest absolute Gasteiger partial charge is 0.507 e. The molecular weight excluding hydrogens is 469 g/mol. The SMILES string of the molecule is Cc1ccc(/C(O)=C2\C(=O)C(=O)N(Cc3cccs3)C2c2cc(Br)ccc2F)cc1. The third kappa shape index (κ3) is 3.70. The Bertz CT molecular complexity index is 1160. The van der Waals surface area contributed by atoms with Gasteiger partial charge < -0.3 is 10.0 Å². The molecule has 1 unspecified atom stereocenters. The molecule has 2 aromatic carbocycles. The number of benzene rings is 2. The Morgan fingerprint density at radius 3 is 2.57 bits per heavy atom. The second-order valence-electron chi connectivity index (χ2n) is 7.04. The van der Waals surface area contributed by atoms with Crippen LogP contribution in [0.4, 0.5) is 4.39 Å². The number of carbonyl (C=O) groups is 2. The lowest BCUT2D eigenvalue weighted by Gasteiger charge is -2.25. The lowest BCUT2D eigenvalue weighted by molar-refractivity contribution is -0.140. The summed E-state index contributed by atoms with van der Waals surface area (Å²) in [5.41, 5.74) is 1.42. The van der Waals surface area contributed by atoms with Gasteiger partial charge in [0.2, 0.25) is 0 Å². The minimum Gasteiger partial charge on any atom is -0.507 e. The predicted octanol–water partition coefficient (Wildman–Crippen LogP) is 5.58. The van der Waals surface area contributed by atoms with Crippen LogP contribution in [0.15, 0.2) is 70.0 Å². The lowest BCUT2D eigenvalue weighted by Crippen LogP contribution is -2.29. The standard InChI is InChI=1S/C23H17BrFNO3S/c1-13-4-6-14(7-5-13)21(27)19-20(17-11-15(24)8-9-18(17)25)26(23(29)22(19)28)12-16-3-2-10-30-16/h2-11,20,27H,12H2,1H3/b21-19+. The first kappa shape index (κ1) is 20.5. The van der Waals surface area contributed by atoms with Gasteiger partial charge in [0.25, 0.3) is 11.7 Å². The van der Waals surface area contributed by atoms with E-state index in [0.29, 0.717) is 10.0 Å². The van der Waals surface area contributed by atoms with Crippen molar-refractivity contribution in [1.82, 2.24) is 4.90 Å². The topological polar surface area (TPSA) is 57.6 Å². The molecule has 1 amide bonds. The van der Waals surface area contributed by atoms with Gasteiger partial charge in [-0.1, -0.05) is 51.8 Å². The number of ketones is 1. The third-order valence-corrected chi connectivity index (χ3v) is 6.38. The summed E-state index contributed by atoms with van der Waals surface area (Å²) in [4.78, 5) is 28.1. The molecule has 1 N–H and O–H groups in total. The summed E-state index contributed by atoms with van der Waals surface area (Å²) < 4.78 is 15.5. The molecule has 4 rings (SSSR count). The van der Waals surface area contributed by atoms with Gasteiger partial charge in [-0.15, -0.1) is 11.3 Å². The number of nitrogens with zero attached hydrogens (tertiary/aromatic N) is 1. The van der Waals surface area contributed by atoms with Gasteiger partial charge in [0.1, 0.15) is 11.6 Å². The molecule has 1 aliphatic heterocycles. The molecule has 30 heavy (non-hydrogen) atoms. The molecule has 152 valence electrons. The van der Waals surface area contributed by atoms with E-state index in [1.165, 1.54) is 28.4 Å². The number of aryl methyl sites for hydroxylation is 1. The van der Waals surface area contributed by atoms with Crippen molar-refractivity contribution in [3.8, 4) is 0 Å². The Kier molecular flexibility index (Phi) is 5.58. The second kappa shape index (κ2) is 8.16. The van der Waals surface area contributed by atoms with Gasteiger partial charge in [-0.05, 0) is 36.6 Å². The van der Waals surface area contributed by atoms with Gasteiger partial charge in [0.15, 0.2) is 0 Å². The second-order valence-corrected chi connectivity index (χ2v) is 8.99. The van der Waals surface area contributed by atoms with Crippen LogP contribution in [-0.2, 0) is 16.1 Å². The fourth-order valence-electron chi connectivity index (χ4n) is 3.53. The maximum atomic E-state index is 14.8. The fourth-order valence-corrected chi connectivity index (χ4v) is 4.61. The summed E-state index contributed by atoms with van der Waals surface area (Å²) in [6, 6.07) is 14.0. The minimum atomic E-state index is -1.04. The number of thiophene rings is 1. The van der Waals surface area contributed by atoms with Gasteiger partial charge in [0.05, 0.1) is 18.2 Å². The number of Topliss-reactive ketones (excluding diaryl/α,β-unsaturated/α-hetero) is 1. The molecule has 4 nitrogen and oxygen atoms in total. The van der Waals surface area contributed by atoms with Crippen molar-refractivity contribution < 1.29 is 19.1 Å². The van der Waals surface area contributed by atoms with E-state index in [0.717, 1.165) is 10.4 Å². The van der Waals surface area contributed by atoms with Gasteiger partial charge in [-0.2, -0.15) is 0 Å². The van der Waals surface area contributed by atoms with Crippen LogP contribution in [0.2, 0.25) is 0 Å². The highest BCUT2D eigenvalue weighted by molar-refractivity contribution is 9.10. The molecule has 0 radical (unpaired) electrons. The van der Waals surface area contributed by atoms with Crippen molar-refractivity contribution in [3.63, 3.8) is 0 Å². The first-order chi connectivity index (χ1) is 14.4. The first-order valence-corrected chi connectivity index (χ1v) is 10.9. The van der Waals surface area contributed by atoms with Crippen molar-refractivity contribution in [1.29, 1.82) is 0 Å². The molecule has 7 heteroatoms. The maximum absolute atomic E-state index is 14.8. The quantitative estimate of drug-likeness (QED) is 0.298. The van der Waals surface area contributed by atoms with Crippen molar-refractivity contribution in [2.24, 2.45) is 0 Å². The summed E-state index contributed by atoms with van der Waals surface area (Å²) in [7, 11) is 0. The Morgan fingerprint density at radius 1 is 1.17 bits per heavy atom. The molecule has 2 heterocycles. The van der Waals surface area contributed by atoms with E-state index in [2.05, 4.69) is 15.9 Å². The van der Waals surface area contributed by atoms with Gasteiger partial charge in [-0.3, -0.25) is 9.59 Å². The highest BCUT2D eigenvalue weighted by Crippen LogP contribution is 2.42. The van der Waals surface area contributed by atoms with Crippen LogP contribution in [0.5, 0.6) is 0 Å². The van der Waals surface area contributed by atoms with Crippen LogP contribution in [-0.4, -0.2) is 21.7 Å². The molecule has 0 aliphatic carbocycles. The van der Waals surface area contributed by atoms with Crippen LogP contribution >= 0.6 is 27.3 Å². The molecule has 1 fully saturated rings. The smallest absolute Gasteiger partial charge is 0.295 e. The van der Waals surface area contributed by atoms with Crippen molar-refractivity contribution in [2.45, 2.75) is 19.5 Å². The van der Waals surface area contributed by atoms with E-state index in [1.807, 2.05) is 24.4 Å². The summed E-state index contributed by atoms with van der Waals surface area (Å²) in [5, 5.41) is 12.9. The number of carbonyl (C=O) groups excluding carboxylic acids is 2. The first-order valence-electron chi connectivity index (χ1n) is 9.19. The Hall–Kier alpha value is -2.77. The highest BCUT2D eigenvalue weighted by Gasteiger charge is 2.47. The number of hydrogen-bond donors (Lipinski definition) is 1. The summed E-state index contributed by atoms with van der Waals surface area (Å²) >= 11 is 4.77. The highest BCUT2D eigenvalue weighted by atomic mass is 79.9. The van der Waals surface area contributed by atoms with Crippen molar-refractivity contribution in [3.05, 3.63) is 97.4 Å². The lowest BCUT2D eigenvalue weighted by atomic mass is 9.94. The van der Waals surface area contributed by atoms with Crippen LogP contribution in [0.1, 0.15) is 27.6 Å². The van der Waals surface area contributed by atoms with Gasteiger partial charge in [0, 0.05) is 20.5 Å². The van der Waals surface area contributed by atoms with E-state index >= 15 is 0 Å². The number of aliphatic hydroxyl groups excluding tert-OH is 1. The van der Waals surface area contributed by atoms with E-state index < -0.39 is 23.5 Å². The van der Waals surface area contributed by atoms with Crippen molar-refractivity contribution in [2.75, 3.05) is 0 Å².